The number of alkyl halides is 2. The van der Waals surface area contributed by atoms with Gasteiger partial charge in [0.2, 0.25) is 0 Å². The van der Waals surface area contributed by atoms with Gasteiger partial charge < -0.3 is 0 Å². The van der Waals surface area contributed by atoms with Gasteiger partial charge in [-0.05, 0) is 18.4 Å². The molecule has 0 bridgehead atoms. The van der Waals surface area contributed by atoms with E-state index in [1.807, 2.05) is 18.4 Å². The molecule has 1 rings (SSSR count). The molecule has 0 spiro atoms. The summed E-state index contributed by atoms with van der Waals surface area (Å²) in [6, 6.07) is 7.19. The lowest BCUT2D eigenvalue weighted by atomic mass is 10.1. The SMILES string of the molecule is CSc1ccc(C(=O)C(Cl)Cl)cc1. The van der Waals surface area contributed by atoms with E-state index in [1.54, 1.807) is 23.9 Å². The number of Topliss-reactive ketones (excluding diaryl/α,β-unsaturated/α-hetero) is 1. The van der Waals surface area contributed by atoms with Crippen LogP contribution in [0.3, 0.4) is 0 Å². The second kappa shape index (κ2) is 4.89. The molecule has 4 heteroatoms. The molecule has 0 aliphatic rings. The Balaban J connectivity index is 2.86. The highest BCUT2D eigenvalue weighted by Crippen LogP contribution is 2.17. The minimum absolute atomic E-state index is 0.254. The minimum Gasteiger partial charge on any atom is -0.291 e. The molecule has 0 fully saturated rings. The van der Waals surface area contributed by atoms with Crippen molar-refractivity contribution >= 4 is 40.7 Å². The van der Waals surface area contributed by atoms with Gasteiger partial charge in [0, 0.05) is 10.5 Å². The van der Waals surface area contributed by atoms with Gasteiger partial charge in [-0.2, -0.15) is 0 Å². The highest BCUT2D eigenvalue weighted by atomic mass is 35.5. The Morgan fingerprint density at radius 1 is 1.31 bits per heavy atom. The van der Waals surface area contributed by atoms with E-state index in [-0.39, 0.29) is 5.78 Å². The maximum Gasteiger partial charge on any atom is 0.195 e. The first-order valence-electron chi connectivity index (χ1n) is 3.61. The van der Waals surface area contributed by atoms with E-state index in [9.17, 15) is 4.79 Å². The van der Waals surface area contributed by atoms with Gasteiger partial charge in [-0.15, -0.1) is 11.8 Å². The van der Waals surface area contributed by atoms with Crippen LogP contribution in [-0.2, 0) is 0 Å². The summed E-state index contributed by atoms with van der Waals surface area (Å²) in [4.78, 5) is 11.4. The lowest BCUT2D eigenvalue weighted by Gasteiger charge is -2.01. The first-order valence-corrected chi connectivity index (χ1v) is 5.71. The molecule has 0 radical (unpaired) electrons. The zero-order valence-electron chi connectivity index (χ0n) is 6.96. The van der Waals surface area contributed by atoms with Crippen molar-refractivity contribution in [2.24, 2.45) is 0 Å². The second-order valence-electron chi connectivity index (χ2n) is 2.39. The first kappa shape index (κ1) is 10.9. The third-order valence-electron chi connectivity index (χ3n) is 1.57. The van der Waals surface area contributed by atoms with Crippen molar-refractivity contribution in [3.63, 3.8) is 0 Å². The quantitative estimate of drug-likeness (QED) is 0.453. The molecular formula is C9H8Cl2OS. The number of carbonyl (C=O) groups excluding carboxylic acids is 1. The molecule has 0 aliphatic carbocycles. The van der Waals surface area contributed by atoms with Gasteiger partial charge in [0.05, 0.1) is 0 Å². The Labute approximate surface area is 91.4 Å². The largest absolute Gasteiger partial charge is 0.291 e. The lowest BCUT2D eigenvalue weighted by molar-refractivity contribution is 0.101. The highest BCUT2D eigenvalue weighted by Gasteiger charge is 2.13. The van der Waals surface area contributed by atoms with Crippen LogP contribution in [0.25, 0.3) is 0 Å². The summed E-state index contributed by atoms with van der Waals surface area (Å²) in [5, 5.41) is 0. The second-order valence-corrected chi connectivity index (χ2v) is 4.37. The van der Waals surface area contributed by atoms with Gasteiger partial charge in [-0.1, -0.05) is 35.3 Å². The van der Waals surface area contributed by atoms with E-state index in [4.69, 9.17) is 23.2 Å². The Morgan fingerprint density at radius 2 is 1.85 bits per heavy atom. The summed E-state index contributed by atoms with van der Waals surface area (Å²) in [6.45, 7) is 0. The Bertz CT molecular complexity index is 295. The van der Waals surface area contributed by atoms with Crippen molar-refractivity contribution in [3.05, 3.63) is 29.8 Å². The fourth-order valence-corrected chi connectivity index (χ4v) is 1.54. The predicted octanol–water partition coefficient (Wildman–Crippen LogP) is 3.39. The van der Waals surface area contributed by atoms with Gasteiger partial charge >= 0.3 is 0 Å². The average Bonchev–Trinajstić information content (AvgIpc) is 2.17. The van der Waals surface area contributed by atoms with Gasteiger partial charge in [0.25, 0.3) is 0 Å². The van der Waals surface area contributed by atoms with Gasteiger partial charge in [0.15, 0.2) is 10.6 Å². The first-order chi connectivity index (χ1) is 6.15. The average molecular weight is 235 g/mol. The van der Waals surface area contributed by atoms with Crippen molar-refractivity contribution in [2.75, 3.05) is 6.26 Å². The van der Waals surface area contributed by atoms with Crippen LogP contribution in [0.1, 0.15) is 10.4 Å². The summed E-state index contributed by atoms with van der Waals surface area (Å²) in [6.07, 6.45) is 1.97. The lowest BCUT2D eigenvalue weighted by Crippen LogP contribution is -2.07. The van der Waals surface area contributed by atoms with Crippen LogP contribution in [-0.4, -0.2) is 16.9 Å². The molecule has 1 nitrogen and oxygen atoms in total. The van der Waals surface area contributed by atoms with E-state index in [2.05, 4.69) is 0 Å². The molecule has 1 aromatic rings. The van der Waals surface area contributed by atoms with E-state index >= 15 is 0 Å². The summed E-state index contributed by atoms with van der Waals surface area (Å²) >= 11 is 12.5. The van der Waals surface area contributed by atoms with Crippen molar-refractivity contribution in [3.8, 4) is 0 Å². The molecule has 0 saturated heterocycles. The van der Waals surface area contributed by atoms with Crippen LogP contribution >= 0.6 is 35.0 Å². The van der Waals surface area contributed by atoms with Gasteiger partial charge in [-0.3, -0.25) is 4.79 Å². The molecule has 0 N–H and O–H groups in total. The van der Waals surface area contributed by atoms with E-state index in [0.29, 0.717) is 5.56 Å². The molecule has 0 saturated carbocycles. The number of ketones is 1. The number of rotatable bonds is 3. The van der Waals surface area contributed by atoms with E-state index in [1.165, 1.54) is 0 Å². The van der Waals surface area contributed by atoms with Crippen LogP contribution in [0.15, 0.2) is 29.2 Å². The molecule has 0 amide bonds. The maximum atomic E-state index is 11.3. The molecule has 70 valence electrons. The summed E-state index contributed by atoms with van der Waals surface area (Å²) in [5.41, 5.74) is 0.549. The zero-order valence-corrected chi connectivity index (χ0v) is 9.29. The molecule has 1 aromatic carbocycles. The molecule has 0 atom stereocenters. The molecule has 13 heavy (non-hydrogen) atoms. The summed E-state index contributed by atoms with van der Waals surface area (Å²) < 4.78 is 0. The third kappa shape index (κ3) is 2.90. The zero-order chi connectivity index (χ0) is 9.84. The maximum absolute atomic E-state index is 11.3. The Morgan fingerprint density at radius 3 is 2.23 bits per heavy atom. The van der Waals surface area contributed by atoms with Gasteiger partial charge in [0.1, 0.15) is 0 Å². The number of hydrogen-bond acceptors (Lipinski definition) is 2. The van der Waals surface area contributed by atoms with Crippen LogP contribution in [0.5, 0.6) is 0 Å². The number of carbonyl (C=O) groups is 1. The smallest absolute Gasteiger partial charge is 0.195 e. The Kier molecular flexibility index (Phi) is 4.10. The van der Waals surface area contributed by atoms with Gasteiger partial charge in [-0.25, -0.2) is 0 Å². The van der Waals surface area contributed by atoms with E-state index < -0.39 is 4.84 Å². The third-order valence-corrected chi connectivity index (χ3v) is 2.71. The molecule has 0 unspecified atom stereocenters. The summed E-state index contributed by atoms with van der Waals surface area (Å²) in [7, 11) is 0. The van der Waals surface area contributed by atoms with Crippen molar-refractivity contribution < 1.29 is 4.79 Å². The fraction of sp³-hybridized carbons (Fsp3) is 0.222. The number of halogens is 2. The number of thioether (sulfide) groups is 1. The van der Waals surface area contributed by atoms with Crippen LogP contribution < -0.4 is 0 Å². The molecule has 0 aromatic heterocycles. The van der Waals surface area contributed by atoms with Crippen molar-refractivity contribution in [2.45, 2.75) is 9.73 Å². The van der Waals surface area contributed by atoms with Crippen LogP contribution in [0, 0.1) is 0 Å². The standard InChI is InChI=1S/C9H8Cl2OS/c1-13-7-4-2-6(3-5-7)8(12)9(10)11/h2-5,9H,1H3. The minimum atomic E-state index is -0.972. The topological polar surface area (TPSA) is 17.1 Å². The van der Waals surface area contributed by atoms with Crippen LogP contribution in [0.4, 0.5) is 0 Å². The normalized spacial score (nSPS) is 10.5. The van der Waals surface area contributed by atoms with Crippen molar-refractivity contribution in [1.82, 2.24) is 0 Å². The number of hydrogen-bond donors (Lipinski definition) is 0. The van der Waals surface area contributed by atoms with Crippen LogP contribution in [0.2, 0.25) is 0 Å². The molecule has 0 aliphatic heterocycles. The molecular weight excluding hydrogens is 227 g/mol. The number of benzene rings is 1. The highest BCUT2D eigenvalue weighted by molar-refractivity contribution is 7.98. The fourth-order valence-electron chi connectivity index (χ4n) is 0.881. The van der Waals surface area contributed by atoms with Crippen molar-refractivity contribution in [1.29, 1.82) is 0 Å². The molecule has 0 heterocycles. The monoisotopic (exact) mass is 234 g/mol. The Hall–Kier alpha value is -0.180. The summed E-state index contributed by atoms with van der Waals surface area (Å²) in [5.74, 6) is -0.254. The predicted molar refractivity (Wildman–Crippen MR) is 58.0 cm³/mol. The van der Waals surface area contributed by atoms with E-state index in [0.717, 1.165) is 4.90 Å².